The second-order valence-electron chi connectivity index (χ2n) is 2.73. The van der Waals surface area contributed by atoms with Crippen LogP contribution in [0.4, 0.5) is 0 Å². The highest BCUT2D eigenvalue weighted by atomic mass is 16.4. The van der Waals surface area contributed by atoms with E-state index in [0.29, 0.717) is 0 Å². The number of rotatable bonds is 0. The molecule has 0 aliphatic heterocycles. The quantitative estimate of drug-likeness (QED) is 0.415. The Hall–Kier alpha value is -0.570. The fourth-order valence-electron chi connectivity index (χ4n) is 1.06. The van der Waals surface area contributed by atoms with Gasteiger partial charge in [-0.1, -0.05) is 11.6 Å². The Bertz CT molecular complexity index is 105. The van der Waals surface area contributed by atoms with Gasteiger partial charge in [-0.05, 0) is 39.8 Å². The zero-order valence-corrected chi connectivity index (χ0v) is 7.43. The molecular formula is C8H18N2O. The van der Waals surface area contributed by atoms with Crippen molar-refractivity contribution < 1.29 is 5.21 Å². The van der Waals surface area contributed by atoms with Crippen LogP contribution in [-0.2, 0) is 0 Å². The smallest absolute Gasteiger partial charge is 0.0570 e. The van der Waals surface area contributed by atoms with Gasteiger partial charge < -0.3 is 10.5 Å². The highest BCUT2D eigenvalue weighted by Gasteiger charge is 2.05. The molecule has 11 heavy (non-hydrogen) atoms. The molecule has 0 aromatic rings. The number of hydrogen-bond donors (Lipinski definition) is 2. The molecule has 3 nitrogen and oxygen atoms in total. The van der Waals surface area contributed by atoms with E-state index in [1.807, 2.05) is 14.1 Å². The van der Waals surface area contributed by atoms with Crippen molar-refractivity contribution in [3.63, 3.8) is 0 Å². The minimum Gasteiger partial charge on any atom is -0.411 e. The molecule has 0 spiro atoms. The fraction of sp³-hybridized carbons (Fsp3) is 0.875. The summed E-state index contributed by atoms with van der Waals surface area (Å²) in [6, 6.07) is 0. The summed E-state index contributed by atoms with van der Waals surface area (Å²) in [6.07, 6.45) is 5.74. The summed E-state index contributed by atoms with van der Waals surface area (Å²) in [6.45, 7) is 0. The molecule has 1 aliphatic rings. The average Bonchev–Trinajstić information content (AvgIpc) is 2.08. The molecule has 0 saturated heterocycles. The first-order valence-corrected chi connectivity index (χ1v) is 4.13. The van der Waals surface area contributed by atoms with E-state index in [2.05, 4.69) is 10.5 Å². The van der Waals surface area contributed by atoms with Crippen LogP contribution in [0.25, 0.3) is 0 Å². The summed E-state index contributed by atoms with van der Waals surface area (Å²) in [5.74, 6) is 0. The third kappa shape index (κ3) is 5.85. The van der Waals surface area contributed by atoms with Gasteiger partial charge in [0.25, 0.3) is 0 Å². The molecule has 0 radical (unpaired) electrons. The largest absolute Gasteiger partial charge is 0.411 e. The molecule has 0 aromatic carbocycles. The number of hydrogen-bond acceptors (Lipinski definition) is 3. The van der Waals surface area contributed by atoms with Gasteiger partial charge in [0.1, 0.15) is 0 Å². The first-order chi connectivity index (χ1) is 5.35. The van der Waals surface area contributed by atoms with Crippen LogP contribution in [0.15, 0.2) is 5.16 Å². The fourth-order valence-corrected chi connectivity index (χ4v) is 1.06. The van der Waals surface area contributed by atoms with Gasteiger partial charge in [-0.3, -0.25) is 0 Å². The Labute approximate surface area is 68.5 Å². The van der Waals surface area contributed by atoms with E-state index in [1.54, 1.807) is 0 Å². The van der Waals surface area contributed by atoms with Crippen LogP contribution in [0.1, 0.15) is 32.1 Å². The Balaban J connectivity index is 0.000000292. The zero-order valence-electron chi connectivity index (χ0n) is 7.43. The molecule has 0 unspecified atom stereocenters. The van der Waals surface area contributed by atoms with Crippen molar-refractivity contribution in [3.05, 3.63) is 0 Å². The third-order valence-electron chi connectivity index (χ3n) is 1.57. The maximum atomic E-state index is 8.28. The number of oxime groups is 1. The van der Waals surface area contributed by atoms with Gasteiger partial charge >= 0.3 is 0 Å². The van der Waals surface area contributed by atoms with Crippen molar-refractivity contribution in [3.8, 4) is 0 Å². The van der Waals surface area contributed by atoms with Crippen LogP contribution in [0, 0.1) is 0 Å². The molecule has 0 atom stereocenters. The second kappa shape index (κ2) is 7.54. The van der Waals surface area contributed by atoms with Crippen LogP contribution < -0.4 is 5.32 Å². The maximum Gasteiger partial charge on any atom is 0.0570 e. The summed E-state index contributed by atoms with van der Waals surface area (Å²) in [5, 5.41) is 14.2. The summed E-state index contributed by atoms with van der Waals surface area (Å²) in [7, 11) is 3.75. The van der Waals surface area contributed by atoms with Crippen molar-refractivity contribution in [2.24, 2.45) is 5.16 Å². The van der Waals surface area contributed by atoms with Gasteiger partial charge in [-0.2, -0.15) is 0 Å². The highest BCUT2D eigenvalue weighted by molar-refractivity contribution is 5.84. The van der Waals surface area contributed by atoms with E-state index in [1.165, 1.54) is 19.3 Å². The minimum absolute atomic E-state index is 0.983. The molecule has 2 N–H and O–H groups in total. The molecule has 1 saturated carbocycles. The van der Waals surface area contributed by atoms with Crippen molar-refractivity contribution in [1.29, 1.82) is 0 Å². The second-order valence-corrected chi connectivity index (χ2v) is 2.73. The predicted molar refractivity (Wildman–Crippen MR) is 47.3 cm³/mol. The summed E-state index contributed by atoms with van der Waals surface area (Å²) < 4.78 is 0. The lowest BCUT2D eigenvalue weighted by Gasteiger charge is -2.08. The standard InChI is InChI=1S/C6H11NO.C2H7N/c8-7-6-4-2-1-3-5-6;1-3-2/h8H,1-5H2;3H,1-2H3. The Morgan fingerprint density at radius 2 is 1.64 bits per heavy atom. The molecule has 1 rings (SSSR count). The molecule has 3 heteroatoms. The Morgan fingerprint density at radius 1 is 1.18 bits per heavy atom. The zero-order chi connectivity index (χ0) is 8.53. The highest BCUT2D eigenvalue weighted by Crippen LogP contribution is 2.13. The number of nitrogens with one attached hydrogen (secondary N) is 1. The lowest BCUT2D eigenvalue weighted by Crippen LogP contribution is -2.03. The van der Waals surface area contributed by atoms with Gasteiger partial charge in [0.2, 0.25) is 0 Å². The van der Waals surface area contributed by atoms with Crippen molar-refractivity contribution in [1.82, 2.24) is 5.32 Å². The van der Waals surface area contributed by atoms with Gasteiger partial charge in [-0.25, -0.2) is 0 Å². The molecule has 0 heterocycles. The molecule has 0 bridgehead atoms. The van der Waals surface area contributed by atoms with E-state index < -0.39 is 0 Å². The Kier molecular flexibility index (Phi) is 7.15. The van der Waals surface area contributed by atoms with E-state index in [0.717, 1.165) is 18.6 Å². The average molecular weight is 158 g/mol. The van der Waals surface area contributed by atoms with E-state index >= 15 is 0 Å². The Morgan fingerprint density at radius 3 is 1.91 bits per heavy atom. The molecular weight excluding hydrogens is 140 g/mol. The van der Waals surface area contributed by atoms with Crippen LogP contribution in [0.2, 0.25) is 0 Å². The van der Waals surface area contributed by atoms with E-state index in [4.69, 9.17) is 5.21 Å². The first kappa shape index (κ1) is 10.4. The minimum atomic E-state index is 0.983. The van der Waals surface area contributed by atoms with Crippen molar-refractivity contribution in [2.75, 3.05) is 14.1 Å². The van der Waals surface area contributed by atoms with Gasteiger partial charge in [0.15, 0.2) is 0 Å². The molecule has 0 amide bonds. The molecule has 1 fully saturated rings. The van der Waals surface area contributed by atoms with Gasteiger partial charge in [0.05, 0.1) is 5.71 Å². The molecule has 0 aromatic heterocycles. The molecule has 66 valence electrons. The SMILES string of the molecule is CNC.ON=C1CCCCC1. The van der Waals surface area contributed by atoms with Crippen LogP contribution in [0.5, 0.6) is 0 Å². The first-order valence-electron chi connectivity index (χ1n) is 4.13. The van der Waals surface area contributed by atoms with Crippen molar-refractivity contribution in [2.45, 2.75) is 32.1 Å². The molecule has 1 aliphatic carbocycles. The van der Waals surface area contributed by atoms with Crippen molar-refractivity contribution >= 4 is 5.71 Å². The van der Waals surface area contributed by atoms with Crippen LogP contribution in [-0.4, -0.2) is 25.0 Å². The third-order valence-corrected chi connectivity index (χ3v) is 1.57. The summed E-state index contributed by atoms with van der Waals surface area (Å²) in [5.41, 5.74) is 0.983. The number of nitrogens with zero attached hydrogens (tertiary/aromatic N) is 1. The van der Waals surface area contributed by atoms with E-state index in [9.17, 15) is 0 Å². The monoisotopic (exact) mass is 158 g/mol. The van der Waals surface area contributed by atoms with Crippen LogP contribution >= 0.6 is 0 Å². The predicted octanol–water partition coefficient (Wildman–Crippen LogP) is 1.62. The normalized spacial score (nSPS) is 16.7. The topological polar surface area (TPSA) is 44.6 Å². The summed E-state index contributed by atoms with van der Waals surface area (Å²) >= 11 is 0. The lowest BCUT2D eigenvalue weighted by molar-refractivity contribution is 0.314. The van der Waals surface area contributed by atoms with Gasteiger partial charge in [0, 0.05) is 0 Å². The van der Waals surface area contributed by atoms with E-state index in [-0.39, 0.29) is 0 Å². The lowest BCUT2D eigenvalue weighted by atomic mass is 9.99. The van der Waals surface area contributed by atoms with Crippen LogP contribution in [0.3, 0.4) is 0 Å². The summed E-state index contributed by atoms with van der Waals surface area (Å²) in [4.78, 5) is 0. The maximum absolute atomic E-state index is 8.28. The van der Waals surface area contributed by atoms with Gasteiger partial charge in [-0.15, -0.1) is 0 Å².